The summed E-state index contributed by atoms with van der Waals surface area (Å²) in [5, 5.41) is 11.0. The summed E-state index contributed by atoms with van der Waals surface area (Å²) in [7, 11) is -4.57. The van der Waals surface area contributed by atoms with Gasteiger partial charge in [0.1, 0.15) is 4.90 Å². The van der Waals surface area contributed by atoms with Crippen molar-refractivity contribution < 1.29 is 27.4 Å². The Labute approximate surface area is 134 Å². The molecule has 0 radical (unpaired) electrons. The highest BCUT2D eigenvalue weighted by atomic mass is 32.2. The van der Waals surface area contributed by atoms with Gasteiger partial charge in [0.05, 0.1) is 4.92 Å². The van der Waals surface area contributed by atoms with Crippen LogP contribution < -0.4 is 4.74 Å². The normalized spacial score (nSPS) is 11.2. The van der Waals surface area contributed by atoms with Crippen LogP contribution >= 0.6 is 0 Å². The number of rotatable bonds is 9. The van der Waals surface area contributed by atoms with Gasteiger partial charge in [-0.05, 0) is 18.6 Å². The van der Waals surface area contributed by atoms with Crippen LogP contribution in [0.1, 0.15) is 45.4 Å². The molecule has 0 fully saturated rings. The zero-order valence-corrected chi connectivity index (χ0v) is 13.5. The predicted molar refractivity (Wildman–Crippen MR) is 81.9 cm³/mol. The molecule has 0 amide bonds. The molecule has 1 aromatic carbocycles. The SMILES string of the molecule is CCCCCCCC(=O)Oc1ccc(S(=O)(=O)O)cc1[N+](=O)[O-]. The van der Waals surface area contributed by atoms with Gasteiger partial charge in [-0.25, -0.2) is 0 Å². The fourth-order valence-electron chi connectivity index (χ4n) is 1.93. The Morgan fingerprint density at radius 2 is 1.91 bits per heavy atom. The van der Waals surface area contributed by atoms with E-state index in [1.54, 1.807) is 0 Å². The van der Waals surface area contributed by atoms with Crippen molar-refractivity contribution in [3.63, 3.8) is 0 Å². The second-order valence-corrected chi connectivity index (χ2v) is 6.42. The molecule has 0 aliphatic heterocycles. The number of carbonyl (C=O) groups excluding carboxylic acids is 1. The molecule has 0 saturated carbocycles. The van der Waals surface area contributed by atoms with E-state index in [0.29, 0.717) is 12.5 Å². The third-order valence-electron chi connectivity index (χ3n) is 3.13. The van der Waals surface area contributed by atoms with Gasteiger partial charge in [-0.3, -0.25) is 19.5 Å². The molecule has 0 bridgehead atoms. The van der Waals surface area contributed by atoms with Crippen LogP contribution in [-0.2, 0) is 14.9 Å². The molecule has 0 aliphatic rings. The van der Waals surface area contributed by atoms with E-state index in [4.69, 9.17) is 9.29 Å². The molecule has 1 rings (SSSR count). The van der Waals surface area contributed by atoms with Gasteiger partial charge in [0.15, 0.2) is 0 Å². The highest BCUT2D eigenvalue weighted by Crippen LogP contribution is 2.30. The van der Waals surface area contributed by atoms with E-state index >= 15 is 0 Å². The van der Waals surface area contributed by atoms with Crippen LogP contribution in [0.2, 0.25) is 0 Å². The van der Waals surface area contributed by atoms with Gasteiger partial charge >= 0.3 is 11.7 Å². The van der Waals surface area contributed by atoms with Crippen LogP contribution in [-0.4, -0.2) is 23.9 Å². The second kappa shape index (κ2) is 8.59. The van der Waals surface area contributed by atoms with E-state index in [0.717, 1.165) is 37.8 Å². The number of ether oxygens (including phenoxy) is 1. The summed E-state index contributed by atoms with van der Waals surface area (Å²) in [6, 6.07) is 2.57. The largest absolute Gasteiger partial charge is 0.419 e. The average molecular weight is 345 g/mol. The Kier molecular flexibility index (Phi) is 7.11. The van der Waals surface area contributed by atoms with Crippen LogP contribution in [0.4, 0.5) is 5.69 Å². The average Bonchev–Trinajstić information content (AvgIpc) is 2.46. The van der Waals surface area contributed by atoms with Crippen molar-refractivity contribution in [1.82, 2.24) is 0 Å². The van der Waals surface area contributed by atoms with E-state index in [1.165, 1.54) is 0 Å². The Hall–Kier alpha value is -2.00. The molecule has 0 aromatic heterocycles. The van der Waals surface area contributed by atoms with Crippen LogP contribution in [0.5, 0.6) is 5.75 Å². The zero-order valence-electron chi connectivity index (χ0n) is 12.7. The van der Waals surface area contributed by atoms with Gasteiger partial charge in [-0.2, -0.15) is 8.42 Å². The monoisotopic (exact) mass is 345 g/mol. The lowest BCUT2D eigenvalue weighted by Crippen LogP contribution is -2.09. The number of esters is 1. The Morgan fingerprint density at radius 3 is 2.48 bits per heavy atom. The van der Waals surface area contributed by atoms with Gasteiger partial charge in [0, 0.05) is 12.5 Å². The Bertz CT molecular complexity index is 670. The number of nitrogens with zero attached hydrogens (tertiary/aromatic N) is 1. The van der Waals surface area contributed by atoms with Crippen molar-refractivity contribution in [3.05, 3.63) is 28.3 Å². The summed E-state index contributed by atoms with van der Waals surface area (Å²) in [4.78, 5) is 21.1. The van der Waals surface area contributed by atoms with Crippen molar-refractivity contribution >= 4 is 21.8 Å². The quantitative estimate of drug-likeness (QED) is 0.182. The lowest BCUT2D eigenvalue weighted by molar-refractivity contribution is -0.385. The summed E-state index contributed by atoms with van der Waals surface area (Å²) in [5.41, 5.74) is -0.695. The highest BCUT2D eigenvalue weighted by Gasteiger charge is 2.22. The summed E-state index contributed by atoms with van der Waals surface area (Å²) in [5.74, 6) is -0.967. The molecule has 0 unspecified atom stereocenters. The minimum atomic E-state index is -4.57. The molecule has 9 heteroatoms. The first-order valence-electron chi connectivity index (χ1n) is 7.22. The minimum absolute atomic E-state index is 0.126. The molecule has 128 valence electrons. The lowest BCUT2D eigenvalue weighted by Gasteiger charge is -2.06. The van der Waals surface area contributed by atoms with Gasteiger partial charge < -0.3 is 4.74 Å². The van der Waals surface area contributed by atoms with Crippen molar-refractivity contribution in [3.8, 4) is 5.75 Å². The molecular weight excluding hydrogens is 326 g/mol. The maximum atomic E-state index is 11.7. The van der Waals surface area contributed by atoms with Crippen LogP contribution in [0, 0.1) is 10.1 Å². The van der Waals surface area contributed by atoms with E-state index in [-0.39, 0.29) is 12.2 Å². The number of benzene rings is 1. The van der Waals surface area contributed by atoms with Crippen LogP contribution in [0.25, 0.3) is 0 Å². The smallest absolute Gasteiger partial charge is 0.313 e. The molecule has 0 atom stereocenters. The standard InChI is InChI=1S/C14H19NO7S/c1-2-3-4-5-6-7-14(16)22-13-9-8-11(23(19,20)21)10-12(13)15(17)18/h8-10H,2-7H2,1H3,(H,19,20,21). The minimum Gasteiger partial charge on any atom is -0.419 e. The van der Waals surface area contributed by atoms with Crippen molar-refractivity contribution in [2.24, 2.45) is 0 Å². The number of carbonyl (C=O) groups is 1. The number of hydrogen-bond acceptors (Lipinski definition) is 6. The van der Waals surface area contributed by atoms with Gasteiger partial charge in [0.25, 0.3) is 10.1 Å². The molecule has 0 heterocycles. The zero-order chi connectivity index (χ0) is 17.5. The first kappa shape index (κ1) is 19.0. The van der Waals surface area contributed by atoms with E-state index < -0.39 is 31.6 Å². The van der Waals surface area contributed by atoms with Gasteiger partial charge in [0.2, 0.25) is 5.75 Å². The number of hydrogen-bond donors (Lipinski definition) is 1. The van der Waals surface area contributed by atoms with Crippen LogP contribution in [0.15, 0.2) is 23.1 Å². The molecule has 0 saturated heterocycles. The summed E-state index contributed by atoms with van der Waals surface area (Å²) >= 11 is 0. The molecule has 1 aromatic rings. The molecule has 1 N–H and O–H groups in total. The maximum Gasteiger partial charge on any atom is 0.313 e. The third kappa shape index (κ3) is 6.33. The fraction of sp³-hybridized carbons (Fsp3) is 0.500. The molecule has 23 heavy (non-hydrogen) atoms. The maximum absolute atomic E-state index is 11.7. The highest BCUT2D eigenvalue weighted by molar-refractivity contribution is 7.85. The third-order valence-corrected chi connectivity index (χ3v) is 3.98. The van der Waals surface area contributed by atoms with E-state index in [9.17, 15) is 23.3 Å². The molecular formula is C14H19NO7S. The first-order chi connectivity index (χ1) is 10.8. The topological polar surface area (TPSA) is 124 Å². The first-order valence-corrected chi connectivity index (χ1v) is 8.66. The van der Waals surface area contributed by atoms with Crippen molar-refractivity contribution in [1.29, 1.82) is 0 Å². The van der Waals surface area contributed by atoms with E-state index in [2.05, 4.69) is 6.92 Å². The van der Waals surface area contributed by atoms with Crippen LogP contribution in [0.3, 0.4) is 0 Å². The summed E-state index contributed by atoms with van der Waals surface area (Å²) in [6.07, 6.45) is 4.78. The second-order valence-electron chi connectivity index (χ2n) is 5.00. The predicted octanol–water partition coefficient (Wildman–Crippen LogP) is 3.11. The lowest BCUT2D eigenvalue weighted by atomic mass is 10.1. The molecule has 0 aliphatic carbocycles. The number of nitro groups is 1. The fourth-order valence-corrected chi connectivity index (χ4v) is 2.43. The molecule has 8 nitrogen and oxygen atoms in total. The van der Waals surface area contributed by atoms with E-state index in [1.807, 2.05) is 0 Å². The Balaban J connectivity index is 2.76. The van der Waals surface area contributed by atoms with Crippen molar-refractivity contribution in [2.45, 2.75) is 50.3 Å². The Morgan fingerprint density at radius 1 is 1.26 bits per heavy atom. The molecule has 0 spiro atoms. The summed E-state index contributed by atoms with van der Waals surface area (Å²) in [6.45, 7) is 2.07. The number of nitro benzene ring substituents is 1. The van der Waals surface area contributed by atoms with Crippen molar-refractivity contribution in [2.75, 3.05) is 0 Å². The number of unbranched alkanes of at least 4 members (excludes halogenated alkanes) is 4. The van der Waals surface area contributed by atoms with Gasteiger partial charge in [-0.15, -0.1) is 0 Å². The summed E-state index contributed by atoms with van der Waals surface area (Å²) < 4.78 is 35.8. The van der Waals surface area contributed by atoms with Gasteiger partial charge in [-0.1, -0.05) is 32.6 Å².